The van der Waals surface area contributed by atoms with Gasteiger partial charge in [-0.3, -0.25) is 4.45 Å². The number of nitrogens with zero attached hydrogens (tertiary/aromatic N) is 9. The molecule has 5 heterocycles. The number of likely N-dealkylation sites (N-methyl/N-ethyl adjacent to an activating group) is 1. The fourth-order valence-electron chi connectivity index (χ4n) is 5.46. The Morgan fingerprint density at radius 2 is 1.65 bits per heavy atom. The normalized spacial score (nSPS) is 13.0. The van der Waals surface area contributed by atoms with Crippen LogP contribution >= 0.6 is 9.39 Å². The van der Waals surface area contributed by atoms with Gasteiger partial charge in [0.25, 0.3) is 0 Å². The summed E-state index contributed by atoms with van der Waals surface area (Å²) in [5.41, 5.74) is 6.70. The Morgan fingerprint density at radius 1 is 0.938 bits per heavy atom. The van der Waals surface area contributed by atoms with Crippen molar-refractivity contribution < 1.29 is 4.59 Å². The van der Waals surface area contributed by atoms with E-state index < -0.39 is 0 Å². The molecule has 0 saturated carbocycles. The fourth-order valence-corrected chi connectivity index (χ4v) is 5.64. The van der Waals surface area contributed by atoms with E-state index in [1.165, 1.54) is 28.1 Å². The van der Waals surface area contributed by atoms with E-state index >= 15 is 0 Å². The van der Waals surface area contributed by atoms with Gasteiger partial charge in [0.2, 0.25) is 0 Å². The molecule has 12 heteroatoms. The van der Waals surface area contributed by atoms with Gasteiger partial charge in [0.05, 0.1) is 6.20 Å². The lowest BCUT2D eigenvalue weighted by molar-refractivity contribution is -0.640. The van der Waals surface area contributed by atoms with Gasteiger partial charge in [-0.15, -0.1) is 4.59 Å². The molecule has 6 rings (SSSR count). The first-order chi connectivity index (χ1) is 23.4. The Bertz CT molecular complexity index is 1680. The minimum Gasteiger partial charge on any atom is -0.381 e. The first-order valence-electron chi connectivity index (χ1n) is 16.8. The number of hydrogen-bond donors (Lipinski definition) is 1. The number of benzene rings is 1. The van der Waals surface area contributed by atoms with E-state index in [2.05, 4.69) is 147 Å². The van der Waals surface area contributed by atoms with Crippen molar-refractivity contribution in [3.8, 4) is 0 Å². The van der Waals surface area contributed by atoms with Crippen LogP contribution in [0.4, 0.5) is 0 Å². The largest absolute Gasteiger partial charge is 0.818 e. The van der Waals surface area contributed by atoms with Crippen LogP contribution in [0.2, 0.25) is 0 Å². The highest BCUT2D eigenvalue weighted by Gasteiger charge is 2.42. The maximum absolute atomic E-state index is 4.42. The minimum atomic E-state index is -0.168. The lowest BCUT2D eigenvalue weighted by Gasteiger charge is -2.23. The molecule has 0 aliphatic carbocycles. The molecule has 2 atom stereocenters. The summed E-state index contributed by atoms with van der Waals surface area (Å²) in [6.45, 7) is 9.69. The van der Waals surface area contributed by atoms with Crippen molar-refractivity contribution in [1.82, 2.24) is 43.8 Å². The number of nitrogens with one attached hydrogen (secondary N) is 1. The average Bonchev–Trinajstić information content (AvgIpc) is 3.96. The molecule has 0 saturated heterocycles. The second-order valence-corrected chi connectivity index (χ2v) is 12.1. The zero-order valence-corrected chi connectivity index (χ0v) is 30.4. The minimum absolute atomic E-state index is 0.168. The average molecular weight is 666 g/mol. The molecule has 0 bridgehead atoms. The topological polar surface area (TPSA) is 77.5 Å². The van der Waals surface area contributed by atoms with Gasteiger partial charge in [-0.2, -0.15) is 20.0 Å². The van der Waals surface area contributed by atoms with E-state index in [9.17, 15) is 0 Å². The molecule has 0 amide bonds. The van der Waals surface area contributed by atoms with Gasteiger partial charge >= 0.3 is 7.12 Å². The number of hydrogen-bond acceptors (Lipinski definition) is 5. The van der Waals surface area contributed by atoms with Crippen molar-refractivity contribution in [2.75, 3.05) is 20.6 Å². The summed E-state index contributed by atoms with van der Waals surface area (Å²) in [6.07, 6.45) is 28.4. The van der Waals surface area contributed by atoms with Crippen LogP contribution in [-0.4, -0.2) is 66.3 Å². The zero-order chi connectivity index (χ0) is 34.3. The van der Waals surface area contributed by atoms with E-state index in [1.807, 2.05) is 46.0 Å². The molecular formula is C36H51BN10P+. The van der Waals surface area contributed by atoms with Gasteiger partial charge in [0, 0.05) is 80.8 Å². The van der Waals surface area contributed by atoms with Crippen LogP contribution in [0, 0.1) is 0 Å². The Kier molecular flexibility index (Phi) is 14.1. The smallest absolute Gasteiger partial charge is 0.381 e. The summed E-state index contributed by atoms with van der Waals surface area (Å²) < 4.78 is 9.87. The number of aromatic nitrogens is 8. The highest BCUT2D eigenvalue weighted by atomic mass is 31.0. The maximum Gasteiger partial charge on any atom is 0.818 e. The number of dihydropyridines is 1. The third kappa shape index (κ3) is 9.70. The Balaban J connectivity index is 0.000000187. The predicted molar refractivity (Wildman–Crippen MR) is 200 cm³/mol. The van der Waals surface area contributed by atoms with Crippen LogP contribution in [0.15, 0.2) is 122 Å². The zero-order valence-electron chi connectivity index (χ0n) is 29.3. The first-order valence-corrected chi connectivity index (χ1v) is 17.3. The third-order valence-electron chi connectivity index (χ3n) is 8.04. The van der Waals surface area contributed by atoms with Gasteiger partial charge in [-0.05, 0) is 76.6 Å². The molecular weight excluding hydrogens is 614 g/mol. The molecule has 0 fully saturated rings. The van der Waals surface area contributed by atoms with E-state index in [4.69, 9.17) is 0 Å². The Labute approximate surface area is 288 Å². The summed E-state index contributed by atoms with van der Waals surface area (Å²) in [6, 6.07) is 14.9. The molecule has 5 aromatic rings. The van der Waals surface area contributed by atoms with Crippen LogP contribution in [-0.2, 0) is 12.8 Å². The highest BCUT2D eigenvalue weighted by molar-refractivity contribution is 7.14. The Morgan fingerprint density at radius 3 is 2.17 bits per heavy atom. The summed E-state index contributed by atoms with van der Waals surface area (Å²) >= 11 is 0. The van der Waals surface area contributed by atoms with Crippen molar-refractivity contribution in [2.24, 2.45) is 0 Å². The Hall–Kier alpha value is -4.63. The van der Waals surface area contributed by atoms with Crippen molar-refractivity contribution in [3.05, 3.63) is 139 Å². The summed E-state index contributed by atoms with van der Waals surface area (Å²) in [5, 5.41) is 16.1. The molecule has 10 nitrogen and oxygen atoms in total. The van der Waals surface area contributed by atoms with Gasteiger partial charge in [0.1, 0.15) is 6.04 Å². The standard InChI is InChI=1S/C17H24N2.C16H22BN6.C3H5N2P/c1-5-13-7-8-16(14(6-2)11-13)17-12-15(19(3)4)9-10-18-17;1-3-5-9-16(4-2)20-12-8-15-23(20)17(21-13-6-10-18-21)22-14-7-11-19-22;6-5-3-1-2-4-5/h7-9,11-12,18H,5-6,10H2,1-4H3;5-16H,3-4H2,1-2H3;1-3H,6H2/q;+1;/t;16-;/m.1./s1. The van der Waals surface area contributed by atoms with Crippen LogP contribution < -0.4 is 9.91 Å². The van der Waals surface area contributed by atoms with Crippen LogP contribution in [0.3, 0.4) is 0 Å². The summed E-state index contributed by atoms with van der Waals surface area (Å²) in [7, 11) is 6.43. The lowest BCUT2D eigenvalue weighted by atomic mass is 9.95. The molecule has 252 valence electrons. The number of allylic oxidation sites excluding steroid dienone is 3. The predicted octanol–water partition coefficient (Wildman–Crippen LogP) is 5.74. The van der Waals surface area contributed by atoms with Gasteiger partial charge < -0.3 is 10.2 Å². The van der Waals surface area contributed by atoms with Gasteiger partial charge in [-0.25, -0.2) is 9.19 Å². The van der Waals surface area contributed by atoms with Crippen LogP contribution in [0.1, 0.15) is 63.3 Å². The first kappa shape index (κ1) is 36.2. The molecule has 1 aliphatic heterocycles. The third-order valence-corrected chi connectivity index (χ3v) is 8.35. The molecule has 1 N–H and O–H groups in total. The van der Waals surface area contributed by atoms with Crippen molar-refractivity contribution in [2.45, 2.75) is 59.4 Å². The summed E-state index contributed by atoms with van der Waals surface area (Å²) in [5.74, 6) is 0. The van der Waals surface area contributed by atoms with Crippen molar-refractivity contribution in [3.63, 3.8) is 0 Å². The molecule has 0 radical (unpaired) electrons. The highest BCUT2D eigenvalue weighted by Crippen LogP contribution is 2.23. The van der Waals surface area contributed by atoms with E-state index in [1.54, 1.807) is 23.0 Å². The quantitative estimate of drug-likeness (QED) is 0.111. The van der Waals surface area contributed by atoms with E-state index in [0.717, 1.165) is 32.2 Å². The van der Waals surface area contributed by atoms with Crippen molar-refractivity contribution in [1.29, 1.82) is 0 Å². The lowest BCUT2D eigenvalue weighted by Crippen LogP contribution is -2.65. The monoisotopic (exact) mass is 665 g/mol. The number of aryl methyl sites for hydroxylation is 2. The fraction of sp³-hybridized carbons (Fsp3) is 0.333. The van der Waals surface area contributed by atoms with Gasteiger partial charge in [0.15, 0.2) is 6.20 Å². The summed E-state index contributed by atoms with van der Waals surface area (Å²) in [4.78, 5) is 2.16. The molecule has 1 unspecified atom stereocenters. The second-order valence-electron chi connectivity index (χ2n) is 11.5. The molecule has 1 aliphatic rings. The maximum atomic E-state index is 4.42. The molecule has 1 aromatic carbocycles. The van der Waals surface area contributed by atoms with Gasteiger partial charge in [-0.1, -0.05) is 58.0 Å². The molecule has 48 heavy (non-hydrogen) atoms. The van der Waals surface area contributed by atoms with E-state index in [-0.39, 0.29) is 7.12 Å². The number of rotatable bonds is 11. The van der Waals surface area contributed by atoms with Crippen LogP contribution in [0.5, 0.6) is 0 Å². The van der Waals surface area contributed by atoms with E-state index in [0.29, 0.717) is 6.04 Å². The van der Waals surface area contributed by atoms with Crippen LogP contribution in [0.25, 0.3) is 5.70 Å². The SMILES string of the molecule is CCC=C[C@@H](CC)n1ccc[n+]1B(n1cccn1)n1cccn1.CCc1ccc(C2=CC(N(C)C)=CCN2)c(CC)c1.Pn1cccn1. The molecule has 4 aromatic heterocycles. The second kappa shape index (κ2) is 18.6. The van der Waals surface area contributed by atoms with Crippen molar-refractivity contribution >= 4 is 22.2 Å². The molecule has 0 spiro atoms.